The van der Waals surface area contributed by atoms with Gasteiger partial charge in [0, 0.05) is 18.3 Å². The van der Waals surface area contributed by atoms with E-state index in [2.05, 4.69) is 16.3 Å². The van der Waals surface area contributed by atoms with Gasteiger partial charge in [-0.3, -0.25) is 9.69 Å². The van der Waals surface area contributed by atoms with Gasteiger partial charge in [0.25, 0.3) is 0 Å². The van der Waals surface area contributed by atoms with E-state index in [0.29, 0.717) is 6.54 Å². The van der Waals surface area contributed by atoms with Crippen LogP contribution < -0.4 is 11.1 Å². The van der Waals surface area contributed by atoms with Crippen molar-refractivity contribution < 1.29 is 4.79 Å². The third-order valence-corrected chi connectivity index (χ3v) is 3.57. The molecule has 0 aliphatic carbocycles. The zero-order valence-electron chi connectivity index (χ0n) is 12.2. The number of amides is 1. The Labute approximate surface area is 127 Å². The number of carbonyl (C=O) groups is 1. The predicted molar refractivity (Wildman–Crippen MR) is 85.4 cm³/mol. The smallest absolute Gasteiger partial charge is 0.238 e. The molecule has 1 atom stereocenters. The third-order valence-electron chi connectivity index (χ3n) is 3.57. The van der Waals surface area contributed by atoms with Crippen LogP contribution >= 0.6 is 12.4 Å². The lowest BCUT2D eigenvalue weighted by molar-refractivity contribution is -0.117. The molecule has 1 aromatic carbocycles. The minimum atomic E-state index is 0. The summed E-state index contributed by atoms with van der Waals surface area (Å²) in [4.78, 5) is 14.2. The van der Waals surface area contributed by atoms with Gasteiger partial charge >= 0.3 is 0 Å². The molecule has 112 valence electrons. The summed E-state index contributed by atoms with van der Waals surface area (Å²) in [6.07, 6.45) is 2.15. The summed E-state index contributed by atoms with van der Waals surface area (Å²) in [5, 5.41) is 2.98. The molecule has 1 aliphatic heterocycles. The number of hydrogen-bond donors (Lipinski definition) is 2. The highest BCUT2D eigenvalue weighted by atomic mass is 35.5. The van der Waals surface area contributed by atoms with Crippen molar-refractivity contribution in [2.45, 2.75) is 32.7 Å². The van der Waals surface area contributed by atoms with Crippen molar-refractivity contribution in [1.82, 2.24) is 4.90 Å². The summed E-state index contributed by atoms with van der Waals surface area (Å²) in [5.41, 5.74) is 9.13. The Hall–Kier alpha value is -1.10. The van der Waals surface area contributed by atoms with E-state index in [4.69, 9.17) is 5.73 Å². The molecular weight excluding hydrogens is 274 g/mol. The van der Waals surface area contributed by atoms with Gasteiger partial charge in [0.1, 0.15) is 0 Å². The SMILES string of the molecule is Cc1ccc(NC(=O)CN2CCCC(N)C2)c(C)c1.Cl. The number of nitrogens with zero attached hydrogens (tertiary/aromatic N) is 1. The minimum absolute atomic E-state index is 0. The second-order valence-corrected chi connectivity index (χ2v) is 5.50. The summed E-state index contributed by atoms with van der Waals surface area (Å²) in [5.74, 6) is 0.0426. The maximum atomic E-state index is 12.0. The molecule has 20 heavy (non-hydrogen) atoms. The summed E-state index contributed by atoms with van der Waals surface area (Å²) in [7, 11) is 0. The molecule has 1 amide bonds. The molecule has 5 heteroatoms. The van der Waals surface area contributed by atoms with Crippen molar-refractivity contribution in [3.8, 4) is 0 Å². The average Bonchev–Trinajstić information content (AvgIpc) is 2.33. The highest BCUT2D eigenvalue weighted by molar-refractivity contribution is 5.93. The lowest BCUT2D eigenvalue weighted by Gasteiger charge is -2.30. The molecule has 0 saturated carbocycles. The maximum Gasteiger partial charge on any atom is 0.238 e. The number of aryl methyl sites for hydroxylation is 2. The Kier molecular flexibility index (Phi) is 6.46. The van der Waals surface area contributed by atoms with Crippen LogP contribution in [0.4, 0.5) is 5.69 Å². The zero-order chi connectivity index (χ0) is 13.8. The molecule has 0 aromatic heterocycles. The molecule has 4 nitrogen and oxygen atoms in total. The Morgan fingerprint density at radius 1 is 1.45 bits per heavy atom. The summed E-state index contributed by atoms with van der Waals surface area (Å²) >= 11 is 0. The van der Waals surface area contributed by atoms with Gasteiger partial charge in [-0.05, 0) is 44.9 Å². The van der Waals surface area contributed by atoms with E-state index in [9.17, 15) is 4.79 Å². The standard InChI is InChI=1S/C15H23N3O.ClH/c1-11-5-6-14(12(2)8-11)17-15(19)10-18-7-3-4-13(16)9-18;/h5-6,8,13H,3-4,7,9-10,16H2,1-2H3,(H,17,19);1H. The van der Waals surface area contributed by atoms with Crippen LogP contribution in [0.3, 0.4) is 0 Å². The fraction of sp³-hybridized carbons (Fsp3) is 0.533. The highest BCUT2D eigenvalue weighted by Gasteiger charge is 2.18. The Bertz CT molecular complexity index is 464. The van der Waals surface area contributed by atoms with Crippen molar-refractivity contribution in [3.05, 3.63) is 29.3 Å². The molecule has 1 saturated heterocycles. The number of benzene rings is 1. The van der Waals surface area contributed by atoms with Crippen LogP contribution in [0.25, 0.3) is 0 Å². The first-order valence-electron chi connectivity index (χ1n) is 6.89. The zero-order valence-corrected chi connectivity index (χ0v) is 13.0. The van der Waals surface area contributed by atoms with E-state index in [1.54, 1.807) is 0 Å². The van der Waals surface area contributed by atoms with E-state index in [1.165, 1.54) is 5.56 Å². The molecule has 1 fully saturated rings. The number of likely N-dealkylation sites (tertiary alicyclic amines) is 1. The van der Waals surface area contributed by atoms with Crippen molar-refractivity contribution in [2.24, 2.45) is 5.73 Å². The molecular formula is C15H24ClN3O. The monoisotopic (exact) mass is 297 g/mol. The van der Waals surface area contributed by atoms with Crippen molar-refractivity contribution in [2.75, 3.05) is 25.0 Å². The second kappa shape index (κ2) is 7.62. The molecule has 1 heterocycles. The second-order valence-electron chi connectivity index (χ2n) is 5.50. The fourth-order valence-corrected chi connectivity index (χ4v) is 2.58. The third kappa shape index (κ3) is 4.78. The molecule has 3 N–H and O–H groups in total. The normalized spacial score (nSPS) is 19.2. The average molecular weight is 298 g/mol. The number of halogens is 1. The number of piperidine rings is 1. The molecule has 1 aliphatic rings. The highest BCUT2D eigenvalue weighted by Crippen LogP contribution is 2.16. The molecule has 2 rings (SSSR count). The first-order valence-corrected chi connectivity index (χ1v) is 6.89. The van der Waals surface area contributed by atoms with Gasteiger partial charge in [-0.25, -0.2) is 0 Å². The van der Waals surface area contributed by atoms with E-state index in [0.717, 1.165) is 37.2 Å². The molecule has 1 aromatic rings. The lowest BCUT2D eigenvalue weighted by Crippen LogP contribution is -2.45. The van der Waals surface area contributed by atoms with Gasteiger partial charge in [-0.2, -0.15) is 0 Å². The summed E-state index contributed by atoms with van der Waals surface area (Å²) < 4.78 is 0. The number of anilines is 1. The van der Waals surface area contributed by atoms with Gasteiger partial charge in [0.2, 0.25) is 5.91 Å². The maximum absolute atomic E-state index is 12.0. The van der Waals surface area contributed by atoms with Crippen LogP contribution in [0.15, 0.2) is 18.2 Å². The Balaban J connectivity index is 0.00000200. The van der Waals surface area contributed by atoms with Crippen LogP contribution in [0.2, 0.25) is 0 Å². The lowest BCUT2D eigenvalue weighted by atomic mass is 10.1. The van der Waals surface area contributed by atoms with Crippen LogP contribution in [0.1, 0.15) is 24.0 Å². The first kappa shape index (κ1) is 17.0. The quantitative estimate of drug-likeness (QED) is 0.898. The number of nitrogens with two attached hydrogens (primary N) is 1. The van der Waals surface area contributed by atoms with Crippen molar-refractivity contribution in [1.29, 1.82) is 0 Å². The van der Waals surface area contributed by atoms with Gasteiger partial charge in [-0.1, -0.05) is 17.7 Å². The Morgan fingerprint density at radius 3 is 2.85 bits per heavy atom. The topological polar surface area (TPSA) is 58.4 Å². The minimum Gasteiger partial charge on any atom is -0.327 e. The molecule has 0 spiro atoms. The molecule has 1 unspecified atom stereocenters. The van der Waals surface area contributed by atoms with Gasteiger partial charge in [-0.15, -0.1) is 12.4 Å². The summed E-state index contributed by atoms with van der Waals surface area (Å²) in [6, 6.07) is 6.26. The van der Waals surface area contributed by atoms with Crippen LogP contribution in [0.5, 0.6) is 0 Å². The van der Waals surface area contributed by atoms with Crippen molar-refractivity contribution >= 4 is 24.0 Å². The van der Waals surface area contributed by atoms with Crippen LogP contribution in [-0.4, -0.2) is 36.5 Å². The van der Waals surface area contributed by atoms with E-state index >= 15 is 0 Å². The van der Waals surface area contributed by atoms with Gasteiger partial charge in [0.05, 0.1) is 6.54 Å². The van der Waals surface area contributed by atoms with E-state index in [-0.39, 0.29) is 24.4 Å². The van der Waals surface area contributed by atoms with E-state index in [1.807, 2.05) is 26.0 Å². The van der Waals surface area contributed by atoms with Gasteiger partial charge in [0.15, 0.2) is 0 Å². The fourth-order valence-electron chi connectivity index (χ4n) is 2.58. The largest absolute Gasteiger partial charge is 0.327 e. The van der Waals surface area contributed by atoms with E-state index < -0.39 is 0 Å². The number of rotatable bonds is 3. The number of carbonyl (C=O) groups excluding carboxylic acids is 1. The number of hydrogen-bond acceptors (Lipinski definition) is 3. The van der Waals surface area contributed by atoms with Crippen LogP contribution in [-0.2, 0) is 4.79 Å². The summed E-state index contributed by atoms with van der Waals surface area (Å²) in [6.45, 7) is 6.28. The Morgan fingerprint density at radius 2 is 2.20 bits per heavy atom. The first-order chi connectivity index (χ1) is 9.04. The predicted octanol–water partition coefficient (Wildman–Crippen LogP) is 2.09. The van der Waals surface area contributed by atoms with Gasteiger partial charge < -0.3 is 11.1 Å². The van der Waals surface area contributed by atoms with Crippen LogP contribution in [0, 0.1) is 13.8 Å². The molecule has 0 radical (unpaired) electrons. The number of nitrogens with one attached hydrogen (secondary N) is 1. The van der Waals surface area contributed by atoms with Crippen molar-refractivity contribution in [3.63, 3.8) is 0 Å². The molecule has 0 bridgehead atoms.